The average molecular weight is 285 g/mol. The molecule has 0 radical (unpaired) electrons. The van der Waals surface area contributed by atoms with E-state index in [1.165, 1.54) is 5.56 Å². The summed E-state index contributed by atoms with van der Waals surface area (Å²) in [5, 5.41) is 8.02. The molecule has 3 rings (SSSR count). The van der Waals surface area contributed by atoms with Crippen LogP contribution in [0.15, 0.2) is 30.5 Å². The summed E-state index contributed by atoms with van der Waals surface area (Å²) in [5.41, 5.74) is 8.32. The number of amides is 1. The van der Waals surface area contributed by atoms with Gasteiger partial charge in [-0.25, -0.2) is 4.68 Å². The van der Waals surface area contributed by atoms with Gasteiger partial charge in [-0.1, -0.05) is 23.4 Å². The number of anilines is 1. The Morgan fingerprint density at radius 2 is 2.14 bits per heavy atom. The third-order valence-electron chi connectivity index (χ3n) is 3.68. The zero-order valence-corrected chi connectivity index (χ0v) is 12.3. The van der Waals surface area contributed by atoms with Crippen molar-refractivity contribution in [3.8, 4) is 0 Å². The topological polar surface area (TPSA) is 77.0 Å². The Labute approximate surface area is 123 Å². The van der Waals surface area contributed by atoms with E-state index in [9.17, 15) is 4.79 Å². The summed E-state index contributed by atoms with van der Waals surface area (Å²) in [6, 6.07) is 8.00. The van der Waals surface area contributed by atoms with E-state index in [1.54, 1.807) is 10.9 Å². The van der Waals surface area contributed by atoms with Crippen LogP contribution in [0.5, 0.6) is 0 Å². The summed E-state index contributed by atoms with van der Waals surface area (Å²) >= 11 is 0. The van der Waals surface area contributed by atoms with Crippen LogP contribution in [0.25, 0.3) is 0 Å². The lowest BCUT2D eigenvalue weighted by atomic mass is 10.0. The van der Waals surface area contributed by atoms with Gasteiger partial charge in [0, 0.05) is 12.2 Å². The number of benzene rings is 1. The van der Waals surface area contributed by atoms with Gasteiger partial charge in [0.2, 0.25) is 5.91 Å². The average Bonchev–Trinajstić information content (AvgIpc) is 3.03. The quantitative estimate of drug-likeness (QED) is 0.915. The molecule has 0 saturated heterocycles. The van der Waals surface area contributed by atoms with Crippen molar-refractivity contribution in [3.05, 3.63) is 41.7 Å². The highest BCUT2D eigenvalue weighted by molar-refractivity contribution is 5.95. The van der Waals surface area contributed by atoms with E-state index >= 15 is 0 Å². The second-order valence-corrected chi connectivity index (χ2v) is 5.95. The van der Waals surface area contributed by atoms with Crippen LogP contribution in [0.1, 0.15) is 25.1 Å². The molecule has 0 fully saturated rings. The first-order valence-corrected chi connectivity index (χ1v) is 7.03. The number of nitrogens with zero attached hydrogens (tertiary/aromatic N) is 4. The molecular formula is C15H19N5O. The highest BCUT2D eigenvalue weighted by Gasteiger charge is 2.25. The van der Waals surface area contributed by atoms with Gasteiger partial charge in [0.15, 0.2) is 0 Å². The van der Waals surface area contributed by atoms with Gasteiger partial charge >= 0.3 is 0 Å². The van der Waals surface area contributed by atoms with Crippen molar-refractivity contribution >= 4 is 11.6 Å². The van der Waals surface area contributed by atoms with Crippen molar-refractivity contribution in [2.75, 3.05) is 11.4 Å². The predicted molar refractivity (Wildman–Crippen MR) is 79.7 cm³/mol. The number of carbonyl (C=O) groups is 1. The minimum Gasteiger partial charge on any atom is -0.320 e. The smallest absolute Gasteiger partial charge is 0.248 e. The van der Waals surface area contributed by atoms with Crippen LogP contribution in [-0.2, 0) is 23.3 Å². The standard InChI is InChI=1S/C15H19N5O/c1-15(2,16)13-9-19(18-17-13)10-14(21)20-8-7-11-5-3-4-6-12(11)20/h3-6,9H,7-8,10,16H2,1-2H3. The first kappa shape index (κ1) is 13.8. The number of hydrogen-bond acceptors (Lipinski definition) is 4. The highest BCUT2D eigenvalue weighted by Crippen LogP contribution is 2.27. The van der Waals surface area contributed by atoms with E-state index in [0.29, 0.717) is 5.69 Å². The van der Waals surface area contributed by atoms with E-state index in [0.717, 1.165) is 18.7 Å². The number of hydrogen-bond donors (Lipinski definition) is 1. The molecule has 0 bridgehead atoms. The van der Waals surface area contributed by atoms with E-state index in [4.69, 9.17) is 5.73 Å². The Morgan fingerprint density at radius 1 is 1.38 bits per heavy atom. The van der Waals surface area contributed by atoms with Gasteiger partial charge in [-0.3, -0.25) is 4.79 Å². The Bertz CT molecular complexity index is 671. The summed E-state index contributed by atoms with van der Waals surface area (Å²) < 4.78 is 1.55. The Kier molecular flexibility index (Phi) is 3.25. The maximum atomic E-state index is 12.4. The van der Waals surface area contributed by atoms with E-state index in [-0.39, 0.29) is 12.5 Å². The van der Waals surface area contributed by atoms with Gasteiger partial charge in [0.05, 0.1) is 11.7 Å². The molecule has 1 aromatic carbocycles. The molecule has 1 aromatic heterocycles. The van der Waals surface area contributed by atoms with Crippen molar-refractivity contribution < 1.29 is 4.79 Å². The maximum Gasteiger partial charge on any atom is 0.248 e. The molecule has 0 aliphatic carbocycles. The van der Waals surface area contributed by atoms with Gasteiger partial charge in [-0.2, -0.15) is 0 Å². The second-order valence-electron chi connectivity index (χ2n) is 5.95. The first-order chi connectivity index (χ1) is 9.95. The number of rotatable bonds is 3. The van der Waals surface area contributed by atoms with E-state index < -0.39 is 5.54 Å². The van der Waals surface area contributed by atoms with Crippen LogP contribution in [0.2, 0.25) is 0 Å². The van der Waals surface area contributed by atoms with Crippen LogP contribution in [0.4, 0.5) is 5.69 Å². The molecule has 110 valence electrons. The minimum absolute atomic E-state index is 0.0197. The Morgan fingerprint density at radius 3 is 2.86 bits per heavy atom. The summed E-state index contributed by atoms with van der Waals surface area (Å²) in [5.74, 6) is 0.0197. The van der Waals surface area contributed by atoms with Crippen molar-refractivity contribution in [2.24, 2.45) is 5.73 Å². The van der Waals surface area contributed by atoms with Crippen LogP contribution in [0, 0.1) is 0 Å². The lowest BCUT2D eigenvalue weighted by Gasteiger charge is -2.17. The third kappa shape index (κ3) is 2.67. The molecule has 0 spiro atoms. The van der Waals surface area contributed by atoms with Gasteiger partial charge in [0.25, 0.3) is 0 Å². The van der Waals surface area contributed by atoms with Crippen molar-refractivity contribution in [1.29, 1.82) is 0 Å². The summed E-state index contributed by atoms with van der Waals surface area (Å²) in [4.78, 5) is 14.3. The maximum absolute atomic E-state index is 12.4. The molecule has 0 unspecified atom stereocenters. The summed E-state index contributed by atoms with van der Waals surface area (Å²) in [6.45, 7) is 4.62. The molecule has 0 saturated carbocycles. The number of fused-ring (bicyclic) bond motifs is 1. The molecule has 1 aliphatic heterocycles. The van der Waals surface area contributed by atoms with Gasteiger partial charge in [0.1, 0.15) is 12.2 Å². The molecule has 2 N–H and O–H groups in total. The SMILES string of the molecule is CC(C)(N)c1cn(CC(=O)N2CCc3ccccc32)nn1. The highest BCUT2D eigenvalue weighted by atomic mass is 16.2. The van der Waals surface area contributed by atoms with E-state index in [1.807, 2.05) is 36.9 Å². The molecule has 2 aromatic rings. The number of carbonyl (C=O) groups excluding carboxylic acids is 1. The molecule has 0 atom stereocenters. The normalized spacial score (nSPS) is 14.3. The van der Waals surface area contributed by atoms with Gasteiger partial charge < -0.3 is 10.6 Å². The molecule has 1 amide bonds. The van der Waals surface area contributed by atoms with E-state index in [2.05, 4.69) is 16.4 Å². The Balaban J connectivity index is 1.75. The molecule has 2 heterocycles. The number of para-hydroxylation sites is 1. The van der Waals surface area contributed by atoms with Gasteiger partial charge in [-0.05, 0) is 31.9 Å². The van der Waals surface area contributed by atoms with Crippen LogP contribution < -0.4 is 10.6 Å². The zero-order valence-electron chi connectivity index (χ0n) is 12.3. The number of aromatic nitrogens is 3. The fourth-order valence-electron chi connectivity index (χ4n) is 2.49. The first-order valence-electron chi connectivity index (χ1n) is 7.03. The fourth-order valence-corrected chi connectivity index (χ4v) is 2.49. The molecule has 6 heteroatoms. The minimum atomic E-state index is -0.554. The molecule has 21 heavy (non-hydrogen) atoms. The monoisotopic (exact) mass is 285 g/mol. The van der Waals surface area contributed by atoms with Crippen molar-refractivity contribution in [3.63, 3.8) is 0 Å². The molecular weight excluding hydrogens is 266 g/mol. The largest absolute Gasteiger partial charge is 0.320 e. The van der Waals surface area contributed by atoms with Crippen LogP contribution in [0.3, 0.4) is 0 Å². The van der Waals surface area contributed by atoms with Gasteiger partial charge in [-0.15, -0.1) is 5.10 Å². The lowest BCUT2D eigenvalue weighted by molar-refractivity contribution is -0.119. The third-order valence-corrected chi connectivity index (χ3v) is 3.68. The summed E-state index contributed by atoms with van der Waals surface area (Å²) in [7, 11) is 0. The van der Waals surface area contributed by atoms with Crippen molar-refractivity contribution in [1.82, 2.24) is 15.0 Å². The summed E-state index contributed by atoms with van der Waals surface area (Å²) in [6.07, 6.45) is 2.64. The zero-order chi connectivity index (χ0) is 15.0. The number of nitrogens with two attached hydrogens (primary N) is 1. The van der Waals surface area contributed by atoms with Crippen LogP contribution in [-0.4, -0.2) is 27.4 Å². The fraction of sp³-hybridized carbons (Fsp3) is 0.400. The Hall–Kier alpha value is -2.21. The molecule has 6 nitrogen and oxygen atoms in total. The lowest BCUT2D eigenvalue weighted by Crippen LogP contribution is -2.32. The van der Waals surface area contributed by atoms with Crippen LogP contribution >= 0.6 is 0 Å². The second kappa shape index (κ2) is 4.96. The predicted octanol–water partition coefficient (Wildman–Crippen LogP) is 1.06. The van der Waals surface area contributed by atoms with Crippen molar-refractivity contribution in [2.45, 2.75) is 32.4 Å². The molecule has 1 aliphatic rings.